The molecule has 0 aliphatic carbocycles. The fraction of sp³-hybridized carbons (Fsp3) is 0.292. The standard InChI is InChI=1S/C24H25ClN4O2/c1-17-14-22(30)23(27-29(17)21-11-5-4-10-20(21)25)24(31)26-15-18-8-2-3-9-19(18)16-28-12-6-7-13-28/h2-5,8-11,14H,6-7,12-13,15-16H2,1H3,(H,26,31). The van der Waals surface area contributed by atoms with Crippen LogP contribution in [0, 0.1) is 6.92 Å². The van der Waals surface area contributed by atoms with Crippen molar-refractivity contribution in [3.05, 3.63) is 92.4 Å². The highest BCUT2D eigenvalue weighted by molar-refractivity contribution is 6.32. The Bertz CT molecular complexity index is 1150. The zero-order valence-corrected chi connectivity index (χ0v) is 18.2. The quantitative estimate of drug-likeness (QED) is 0.639. The van der Waals surface area contributed by atoms with Gasteiger partial charge in [-0.1, -0.05) is 48.0 Å². The Labute approximate surface area is 186 Å². The van der Waals surface area contributed by atoms with Gasteiger partial charge in [0.1, 0.15) is 0 Å². The van der Waals surface area contributed by atoms with Crippen LogP contribution in [-0.2, 0) is 13.1 Å². The molecule has 1 saturated heterocycles. The summed E-state index contributed by atoms with van der Waals surface area (Å²) in [5, 5.41) is 7.68. The fourth-order valence-electron chi connectivity index (χ4n) is 3.90. The predicted molar refractivity (Wildman–Crippen MR) is 122 cm³/mol. The average Bonchev–Trinajstić information content (AvgIpc) is 3.27. The maximum atomic E-state index is 12.8. The zero-order chi connectivity index (χ0) is 21.8. The van der Waals surface area contributed by atoms with Gasteiger partial charge in [-0.2, -0.15) is 5.10 Å². The van der Waals surface area contributed by atoms with Gasteiger partial charge in [0.15, 0.2) is 5.69 Å². The van der Waals surface area contributed by atoms with E-state index in [1.807, 2.05) is 30.3 Å². The number of amides is 1. The number of nitrogens with one attached hydrogen (secondary N) is 1. The number of para-hydroxylation sites is 1. The molecule has 0 atom stereocenters. The Morgan fingerprint density at radius 2 is 1.74 bits per heavy atom. The van der Waals surface area contributed by atoms with Crippen molar-refractivity contribution in [2.24, 2.45) is 0 Å². The summed E-state index contributed by atoms with van der Waals surface area (Å²) in [7, 11) is 0. The number of aryl methyl sites for hydroxylation is 1. The number of rotatable bonds is 6. The maximum Gasteiger partial charge on any atom is 0.276 e. The molecule has 1 aliphatic heterocycles. The van der Waals surface area contributed by atoms with Gasteiger partial charge in [-0.25, -0.2) is 4.68 Å². The maximum absolute atomic E-state index is 12.8. The third-order valence-electron chi connectivity index (χ3n) is 5.55. The van der Waals surface area contributed by atoms with E-state index in [1.54, 1.807) is 19.1 Å². The first-order chi connectivity index (χ1) is 15.0. The molecule has 1 aromatic heterocycles. The second kappa shape index (κ2) is 9.45. The Kier molecular flexibility index (Phi) is 6.49. The predicted octanol–water partition coefficient (Wildman–Crippen LogP) is 3.72. The van der Waals surface area contributed by atoms with Gasteiger partial charge in [0, 0.05) is 24.8 Å². The molecule has 1 aliphatic rings. The molecule has 0 bridgehead atoms. The van der Waals surface area contributed by atoms with Crippen LogP contribution in [0.4, 0.5) is 0 Å². The number of benzene rings is 2. The van der Waals surface area contributed by atoms with E-state index in [1.165, 1.54) is 29.2 Å². The second-order valence-corrected chi connectivity index (χ2v) is 8.20. The van der Waals surface area contributed by atoms with Crippen molar-refractivity contribution in [2.45, 2.75) is 32.9 Å². The zero-order valence-electron chi connectivity index (χ0n) is 17.5. The normalized spacial score (nSPS) is 14.0. The van der Waals surface area contributed by atoms with Crippen molar-refractivity contribution in [3.63, 3.8) is 0 Å². The van der Waals surface area contributed by atoms with E-state index in [9.17, 15) is 9.59 Å². The van der Waals surface area contributed by atoms with Crippen LogP contribution < -0.4 is 10.7 Å². The number of nitrogens with zero attached hydrogens (tertiary/aromatic N) is 3. The molecule has 1 fully saturated rings. The molecule has 3 aromatic rings. The SMILES string of the molecule is Cc1cc(=O)c(C(=O)NCc2ccccc2CN2CCCC2)nn1-c1ccccc1Cl. The third-order valence-corrected chi connectivity index (χ3v) is 5.87. The van der Waals surface area contributed by atoms with Gasteiger partial charge < -0.3 is 5.32 Å². The highest BCUT2D eigenvalue weighted by atomic mass is 35.5. The largest absolute Gasteiger partial charge is 0.346 e. The number of carbonyl (C=O) groups excluding carboxylic acids is 1. The van der Waals surface area contributed by atoms with Crippen LogP contribution in [0.15, 0.2) is 59.4 Å². The molecule has 2 heterocycles. The Morgan fingerprint density at radius 3 is 2.48 bits per heavy atom. The van der Waals surface area contributed by atoms with Gasteiger partial charge in [-0.05, 0) is 56.1 Å². The van der Waals surface area contributed by atoms with Crippen molar-refractivity contribution >= 4 is 17.5 Å². The lowest BCUT2D eigenvalue weighted by Gasteiger charge is -2.18. The lowest BCUT2D eigenvalue weighted by atomic mass is 10.1. The van der Waals surface area contributed by atoms with Gasteiger partial charge in [-0.3, -0.25) is 14.5 Å². The van der Waals surface area contributed by atoms with Crippen LogP contribution in [0.2, 0.25) is 5.02 Å². The van der Waals surface area contributed by atoms with E-state index in [0.717, 1.165) is 25.2 Å². The minimum atomic E-state index is -0.498. The molecule has 2 aromatic carbocycles. The summed E-state index contributed by atoms with van der Waals surface area (Å²) < 4.78 is 1.53. The van der Waals surface area contributed by atoms with Crippen LogP contribution in [0.25, 0.3) is 5.69 Å². The minimum absolute atomic E-state index is 0.150. The molecule has 31 heavy (non-hydrogen) atoms. The summed E-state index contributed by atoms with van der Waals surface area (Å²) in [6.45, 7) is 5.18. The van der Waals surface area contributed by atoms with Crippen LogP contribution in [-0.4, -0.2) is 33.7 Å². The molecular formula is C24H25ClN4O2. The van der Waals surface area contributed by atoms with Gasteiger partial charge >= 0.3 is 0 Å². The van der Waals surface area contributed by atoms with Crippen LogP contribution in [0.3, 0.4) is 0 Å². The lowest BCUT2D eigenvalue weighted by Crippen LogP contribution is -2.32. The summed E-state index contributed by atoms with van der Waals surface area (Å²) in [5.74, 6) is -0.498. The minimum Gasteiger partial charge on any atom is -0.346 e. The van der Waals surface area contributed by atoms with Crippen molar-refractivity contribution in [1.82, 2.24) is 20.0 Å². The average molecular weight is 437 g/mol. The molecule has 0 unspecified atom stereocenters. The van der Waals surface area contributed by atoms with E-state index >= 15 is 0 Å². The molecule has 1 amide bonds. The number of likely N-dealkylation sites (tertiary alicyclic amines) is 1. The molecule has 1 N–H and O–H groups in total. The molecule has 160 valence electrons. The third kappa shape index (κ3) is 4.86. The number of carbonyl (C=O) groups is 1. The molecular weight excluding hydrogens is 412 g/mol. The number of hydrogen-bond donors (Lipinski definition) is 1. The summed E-state index contributed by atoms with van der Waals surface area (Å²) in [6.07, 6.45) is 2.46. The first kappa shape index (κ1) is 21.3. The molecule has 7 heteroatoms. The molecule has 0 saturated carbocycles. The van der Waals surface area contributed by atoms with E-state index in [-0.39, 0.29) is 5.69 Å². The van der Waals surface area contributed by atoms with Crippen molar-refractivity contribution < 1.29 is 4.79 Å². The van der Waals surface area contributed by atoms with E-state index in [2.05, 4.69) is 21.4 Å². The van der Waals surface area contributed by atoms with Gasteiger partial charge in [0.05, 0.1) is 10.7 Å². The summed E-state index contributed by atoms with van der Waals surface area (Å²) in [4.78, 5) is 27.7. The summed E-state index contributed by atoms with van der Waals surface area (Å²) in [5.41, 5.74) is 2.89. The monoisotopic (exact) mass is 436 g/mol. The highest BCUT2D eigenvalue weighted by Gasteiger charge is 2.18. The number of aromatic nitrogens is 2. The van der Waals surface area contributed by atoms with Crippen LogP contribution in [0.5, 0.6) is 0 Å². The number of halogens is 1. The van der Waals surface area contributed by atoms with Gasteiger partial charge in [0.25, 0.3) is 5.91 Å². The van der Waals surface area contributed by atoms with E-state index in [4.69, 9.17) is 11.6 Å². The molecule has 4 rings (SSSR count). The first-order valence-electron chi connectivity index (χ1n) is 10.5. The van der Waals surface area contributed by atoms with Gasteiger partial charge in [-0.15, -0.1) is 0 Å². The lowest BCUT2D eigenvalue weighted by molar-refractivity contribution is 0.0942. The molecule has 0 spiro atoms. The summed E-state index contributed by atoms with van der Waals surface area (Å²) >= 11 is 6.29. The van der Waals surface area contributed by atoms with Gasteiger partial charge in [0.2, 0.25) is 5.43 Å². The van der Waals surface area contributed by atoms with Crippen molar-refractivity contribution in [3.8, 4) is 5.69 Å². The topological polar surface area (TPSA) is 67.2 Å². The summed E-state index contributed by atoms with van der Waals surface area (Å²) in [6, 6.07) is 16.7. The van der Waals surface area contributed by atoms with Crippen molar-refractivity contribution in [1.29, 1.82) is 0 Å². The molecule has 0 radical (unpaired) electrons. The highest BCUT2D eigenvalue weighted by Crippen LogP contribution is 2.20. The van der Waals surface area contributed by atoms with Crippen LogP contribution >= 0.6 is 11.6 Å². The smallest absolute Gasteiger partial charge is 0.276 e. The van der Waals surface area contributed by atoms with E-state index < -0.39 is 11.3 Å². The van der Waals surface area contributed by atoms with Crippen molar-refractivity contribution in [2.75, 3.05) is 13.1 Å². The Morgan fingerprint density at radius 1 is 1.06 bits per heavy atom. The van der Waals surface area contributed by atoms with E-state index in [0.29, 0.717) is 22.9 Å². The Hall–Kier alpha value is -2.96. The fourth-order valence-corrected chi connectivity index (χ4v) is 4.11. The number of hydrogen-bond acceptors (Lipinski definition) is 4. The van der Waals surface area contributed by atoms with Crippen LogP contribution in [0.1, 0.15) is 40.2 Å². The first-order valence-corrected chi connectivity index (χ1v) is 10.8. The second-order valence-electron chi connectivity index (χ2n) is 7.80. The Balaban J connectivity index is 1.54. The molecule has 6 nitrogen and oxygen atoms in total.